The van der Waals surface area contributed by atoms with Gasteiger partial charge in [-0.25, -0.2) is 0 Å². The van der Waals surface area contributed by atoms with E-state index >= 15 is 0 Å². The average Bonchev–Trinajstić information content (AvgIpc) is 3.91. The van der Waals surface area contributed by atoms with Crippen LogP contribution in [0.2, 0.25) is 0 Å². The van der Waals surface area contributed by atoms with Gasteiger partial charge in [-0.15, -0.1) is 0 Å². The molecule has 0 amide bonds. The second-order valence-electron chi connectivity index (χ2n) is 16.8. The first-order valence-electron chi connectivity index (χ1n) is 22.8. The number of carbonyl (C=O) groups is 2. The van der Waals surface area contributed by atoms with Crippen molar-refractivity contribution >= 4 is 19.8 Å². The molecule has 0 aromatic carbocycles. The molecule has 10 nitrogen and oxygen atoms in total. The van der Waals surface area contributed by atoms with Crippen LogP contribution in [0.3, 0.4) is 0 Å². The zero-order valence-corrected chi connectivity index (χ0v) is 37.9. The molecule has 332 valence electrons. The molecule has 0 N–H and O–H groups in total. The molecule has 11 heteroatoms. The number of likely N-dealkylation sites (N-methyl/N-ethyl adjacent to an activating group) is 1. The Kier molecular flexibility index (Phi) is 32.7. The lowest BCUT2D eigenvalue weighted by molar-refractivity contribution is -0.870. The van der Waals surface area contributed by atoms with Gasteiger partial charge in [0.25, 0.3) is 7.82 Å². The minimum Gasteiger partial charge on any atom is -0.756 e. The number of phosphoric acid groups is 1. The van der Waals surface area contributed by atoms with Crippen LogP contribution in [-0.4, -0.2) is 82.2 Å². The summed E-state index contributed by atoms with van der Waals surface area (Å²) in [5.74, 6) is -0.901. The highest BCUT2D eigenvalue weighted by atomic mass is 31.2. The van der Waals surface area contributed by atoms with E-state index in [1.807, 2.05) is 21.1 Å². The molecule has 0 aliphatic carbocycles. The van der Waals surface area contributed by atoms with Crippen LogP contribution in [0.15, 0.2) is 36.5 Å². The topological polar surface area (TPSA) is 124 Å². The molecule has 1 aliphatic rings. The number of carbonyl (C=O) groups excluding carboxylic acids is 2. The fourth-order valence-electron chi connectivity index (χ4n) is 6.39. The fraction of sp³-hybridized carbons (Fsp3) is 0.826. The second kappa shape index (κ2) is 35.0. The molecular formula is C46H84NO9P. The maximum Gasteiger partial charge on any atom is 0.306 e. The van der Waals surface area contributed by atoms with Crippen LogP contribution in [-0.2, 0) is 37.4 Å². The summed E-state index contributed by atoms with van der Waals surface area (Å²) in [5, 5.41) is 0. The second-order valence-corrected chi connectivity index (χ2v) is 18.2. The number of nitrogens with zero attached hydrogens (tertiary/aromatic N) is 1. The fourth-order valence-corrected chi connectivity index (χ4v) is 7.12. The molecular weight excluding hydrogens is 741 g/mol. The molecule has 0 spiro atoms. The van der Waals surface area contributed by atoms with Gasteiger partial charge in [0.1, 0.15) is 19.8 Å². The molecule has 1 rings (SSSR count). The van der Waals surface area contributed by atoms with Gasteiger partial charge in [0.15, 0.2) is 6.10 Å². The number of phosphoric ester groups is 1. The standard InChI is InChI=1S/C46H84NO9P/c1-6-8-10-11-12-13-14-15-16-17-18-23-26-29-33-37-46(49)55-42(41-54-57(50,51)53-39-38-47(3,4)5)40-52-45(48)36-32-28-25-22-20-19-21-24-27-31-35-44-43(56-44)34-30-9-7-2/h19,21-22,25,27,31,42-44H,6-18,20,23-24,26,28-30,32-41H2,1-5H3/b21-19-,25-22-,31-27-/t42-,43?,44?/m1/s1. The minimum absolute atomic E-state index is 0.0405. The van der Waals surface area contributed by atoms with E-state index in [0.717, 1.165) is 44.9 Å². The van der Waals surface area contributed by atoms with Gasteiger partial charge >= 0.3 is 11.9 Å². The Morgan fingerprint density at radius 3 is 1.77 bits per heavy atom. The third-order valence-corrected chi connectivity index (χ3v) is 11.1. The molecule has 0 aromatic heterocycles. The first kappa shape index (κ1) is 53.2. The van der Waals surface area contributed by atoms with Crippen molar-refractivity contribution in [1.82, 2.24) is 0 Å². The van der Waals surface area contributed by atoms with Crippen molar-refractivity contribution in [3.63, 3.8) is 0 Å². The Morgan fingerprint density at radius 2 is 1.18 bits per heavy atom. The third-order valence-electron chi connectivity index (χ3n) is 10.1. The summed E-state index contributed by atoms with van der Waals surface area (Å²) >= 11 is 0. The van der Waals surface area contributed by atoms with E-state index in [0.29, 0.717) is 36.1 Å². The van der Waals surface area contributed by atoms with Gasteiger partial charge in [-0.3, -0.25) is 14.2 Å². The molecule has 1 aliphatic heterocycles. The molecule has 0 radical (unpaired) electrons. The highest BCUT2D eigenvalue weighted by Gasteiger charge is 2.36. The Balaban J connectivity index is 2.29. The number of hydrogen-bond acceptors (Lipinski definition) is 9. The summed E-state index contributed by atoms with van der Waals surface area (Å²) in [7, 11) is 1.13. The summed E-state index contributed by atoms with van der Waals surface area (Å²) in [6.45, 7) is 4.13. The van der Waals surface area contributed by atoms with Crippen molar-refractivity contribution in [1.29, 1.82) is 0 Å². The van der Waals surface area contributed by atoms with Gasteiger partial charge in [0, 0.05) is 12.8 Å². The molecule has 1 saturated heterocycles. The van der Waals surface area contributed by atoms with Crippen molar-refractivity contribution in [2.45, 2.75) is 199 Å². The summed E-state index contributed by atoms with van der Waals surface area (Å²) < 4.78 is 39.6. The SMILES string of the molecule is CCCCCCCCCCCCCCCCCC(=O)O[C@H](COC(=O)CCC/C=C\C/C=C\C/C=C\CC1OC1CCCCC)COP(=O)([O-])OCC[N+](C)(C)C. The molecule has 4 atom stereocenters. The smallest absolute Gasteiger partial charge is 0.306 e. The maximum absolute atomic E-state index is 12.7. The van der Waals surface area contributed by atoms with Crippen LogP contribution >= 0.6 is 7.82 Å². The number of ether oxygens (including phenoxy) is 3. The normalized spacial score (nSPS) is 17.4. The van der Waals surface area contributed by atoms with Crippen LogP contribution in [0, 0.1) is 0 Å². The molecule has 3 unspecified atom stereocenters. The highest BCUT2D eigenvalue weighted by Crippen LogP contribution is 2.38. The molecule has 0 aromatic rings. The highest BCUT2D eigenvalue weighted by molar-refractivity contribution is 7.45. The third kappa shape index (κ3) is 35.8. The van der Waals surface area contributed by atoms with Gasteiger partial charge < -0.3 is 32.6 Å². The molecule has 57 heavy (non-hydrogen) atoms. The lowest BCUT2D eigenvalue weighted by atomic mass is 10.0. The maximum atomic E-state index is 12.7. The van der Waals surface area contributed by atoms with Gasteiger partial charge in [-0.1, -0.05) is 159 Å². The van der Waals surface area contributed by atoms with Crippen molar-refractivity contribution in [2.24, 2.45) is 0 Å². The molecule has 0 bridgehead atoms. The van der Waals surface area contributed by atoms with E-state index in [1.165, 1.54) is 96.3 Å². The number of unbranched alkanes of at least 4 members (excludes halogenated alkanes) is 17. The van der Waals surface area contributed by atoms with E-state index in [2.05, 4.69) is 50.3 Å². The largest absolute Gasteiger partial charge is 0.756 e. The van der Waals surface area contributed by atoms with Crippen LogP contribution in [0.25, 0.3) is 0 Å². The predicted molar refractivity (Wildman–Crippen MR) is 231 cm³/mol. The predicted octanol–water partition coefficient (Wildman–Crippen LogP) is 11.3. The van der Waals surface area contributed by atoms with Crippen molar-refractivity contribution in [3.8, 4) is 0 Å². The van der Waals surface area contributed by atoms with Gasteiger partial charge in [-0.05, 0) is 44.9 Å². The Hall–Kier alpha value is -1.81. The zero-order chi connectivity index (χ0) is 41.9. The Labute approximate surface area is 348 Å². The lowest BCUT2D eigenvalue weighted by Crippen LogP contribution is -2.37. The number of epoxide rings is 1. The molecule has 0 saturated carbocycles. The van der Waals surface area contributed by atoms with Gasteiger partial charge in [-0.2, -0.15) is 0 Å². The van der Waals surface area contributed by atoms with E-state index in [-0.39, 0.29) is 26.1 Å². The van der Waals surface area contributed by atoms with Crippen LogP contribution in [0.1, 0.15) is 181 Å². The summed E-state index contributed by atoms with van der Waals surface area (Å²) in [6.07, 6.45) is 40.6. The van der Waals surface area contributed by atoms with Crippen LogP contribution < -0.4 is 4.89 Å². The minimum atomic E-state index is -4.64. The number of esters is 2. The first-order valence-corrected chi connectivity index (χ1v) is 24.3. The summed E-state index contributed by atoms with van der Waals surface area (Å²) in [4.78, 5) is 37.5. The van der Waals surface area contributed by atoms with Gasteiger partial charge in [0.2, 0.25) is 0 Å². The van der Waals surface area contributed by atoms with Gasteiger partial charge in [0.05, 0.1) is 40.0 Å². The molecule has 1 fully saturated rings. The molecule has 1 heterocycles. The monoisotopic (exact) mass is 826 g/mol. The number of quaternary nitrogens is 1. The number of allylic oxidation sites excluding steroid dienone is 5. The summed E-state index contributed by atoms with van der Waals surface area (Å²) in [6, 6.07) is 0. The lowest BCUT2D eigenvalue weighted by Gasteiger charge is -2.28. The zero-order valence-electron chi connectivity index (χ0n) is 37.0. The quantitative estimate of drug-likeness (QED) is 0.0148. The van der Waals surface area contributed by atoms with Crippen LogP contribution in [0.4, 0.5) is 0 Å². The average molecular weight is 826 g/mol. The first-order chi connectivity index (χ1) is 27.5. The van der Waals surface area contributed by atoms with E-state index in [1.54, 1.807) is 0 Å². The Morgan fingerprint density at radius 1 is 0.649 bits per heavy atom. The van der Waals surface area contributed by atoms with Crippen molar-refractivity contribution in [2.75, 3.05) is 47.5 Å². The van der Waals surface area contributed by atoms with E-state index < -0.39 is 32.5 Å². The number of hydrogen-bond donors (Lipinski definition) is 0. The summed E-state index contributed by atoms with van der Waals surface area (Å²) in [5.41, 5.74) is 0. The van der Waals surface area contributed by atoms with E-state index in [4.69, 9.17) is 23.3 Å². The number of rotatable bonds is 40. The Bertz CT molecular complexity index is 1140. The van der Waals surface area contributed by atoms with E-state index in [9.17, 15) is 19.0 Å². The van der Waals surface area contributed by atoms with Crippen molar-refractivity contribution < 1.29 is 46.8 Å². The van der Waals surface area contributed by atoms with Crippen LogP contribution in [0.5, 0.6) is 0 Å². The van der Waals surface area contributed by atoms with Crippen molar-refractivity contribution in [3.05, 3.63) is 36.5 Å².